The summed E-state index contributed by atoms with van der Waals surface area (Å²) < 4.78 is 0.926. The number of Topliss-reactive ketones (excluding diaryl/α,β-unsaturated/α-hetero) is 4. The fraction of sp³-hybridized carbons (Fsp3) is 0.259. The number of nitrogens with one attached hydrogen (secondary N) is 7. The maximum atomic E-state index is 11.9. The van der Waals surface area contributed by atoms with Crippen LogP contribution in [0.25, 0.3) is 43.6 Å². The predicted octanol–water partition coefficient (Wildman–Crippen LogP) is 14.9. The minimum absolute atomic E-state index is 0. The topological polar surface area (TPSA) is 530 Å². The number of aliphatic carboxylic acids is 2. The van der Waals surface area contributed by atoms with E-state index in [0.29, 0.717) is 75.9 Å². The second kappa shape index (κ2) is 55.0. The van der Waals surface area contributed by atoms with Crippen molar-refractivity contribution in [3.63, 3.8) is 0 Å². The van der Waals surface area contributed by atoms with Crippen molar-refractivity contribution in [2.45, 2.75) is 110 Å². The Bertz CT molecular complexity index is 4930. The molecule has 0 unspecified atom stereocenters. The van der Waals surface area contributed by atoms with Crippen molar-refractivity contribution in [2.75, 3.05) is 57.5 Å². The van der Waals surface area contributed by atoms with Crippen molar-refractivity contribution in [2.24, 2.45) is 5.73 Å². The van der Waals surface area contributed by atoms with Gasteiger partial charge in [-0.25, -0.2) is 14.4 Å². The molecular formula is C85H107IN12O18Pd. The van der Waals surface area contributed by atoms with Gasteiger partial charge < -0.3 is 89.3 Å². The molecule has 0 aliphatic carbocycles. The molecule has 4 heterocycles. The van der Waals surface area contributed by atoms with Gasteiger partial charge in [-0.1, -0.05) is 42.5 Å². The molecule has 11 rings (SSSR count). The van der Waals surface area contributed by atoms with Gasteiger partial charge in [0.05, 0.1) is 11.1 Å². The van der Waals surface area contributed by atoms with Gasteiger partial charge in [-0.15, -0.1) is 0 Å². The van der Waals surface area contributed by atoms with Crippen LogP contribution in [0.4, 0.5) is 17.1 Å². The summed E-state index contributed by atoms with van der Waals surface area (Å²) in [5.74, 6) is -4.91. The zero-order valence-electron chi connectivity index (χ0n) is 65.7. The number of anilines is 3. The molecule has 30 nitrogen and oxygen atoms in total. The third-order valence-electron chi connectivity index (χ3n) is 14.9. The third kappa shape index (κ3) is 38.8. The first kappa shape index (κ1) is 106. The number of carbonyl (C=O) groups excluding carboxylic acids is 8. The average molecular weight is 1820 g/mol. The number of H-pyrrole nitrogens is 4. The Kier molecular flexibility index (Phi) is 50.0. The first-order valence-corrected chi connectivity index (χ1v) is 36.5. The van der Waals surface area contributed by atoms with E-state index in [-0.39, 0.29) is 98.9 Å². The zero-order valence-corrected chi connectivity index (χ0v) is 69.5. The van der Waals surface area contributed by atoms with Gasteiger partial charge in [0.1, 0.15) is 22.8 Å². The number of carbonyl (C=O) groups is 13. The summed E-state index contributed by atoms with van der Waals surface area (Å²) in [6, 6.07) is 45.5. The minimum atomic E-state index is -1.00. The summed E-state index contributed by atoms with van der Waals surface area (Å²) in [5, 5.41) is 52.5. The number of hydrogen-bond acceptors (Lipinski definition) is 17. The van der Waals surface area contributed by atoms with E-state index in [1.54, 1.807) is 148 Å². The Morgan fingerprint density at radius 2 is 0.615 bits per heavy atom. The van der Waals surface area contributed by atoms with Gasteiger partial charge in [0.2, 0.25) is 0 Å². The van der Waals surface area contributed by atoms with Crippen molar-refractivity contribution >= 4 is 160 Å². The van der Waals surface area contributed by atoms with Gasteiger partial charge in [0.25, 0.3) is 35.6 Å². The Hall–Kier alpha value is -12.6. The standard InChI is InChI=1S/C15H19N3O2.C14H16N2O2.C13H14N2O3.C11H9NO3.C8H8INO.C8H9NO.C7H7NO2.C3H9N.2C2H4O2.2CH4.Pd/c1-4-7-16-14(19)13-9-11-8-10(15(20)18(2)3)5-6-12(11)17-13;1-3-6-15-14(18)13-8-11-7-10(9(2)17)4-5-12(11)16-13;1-2-5-14-12(16)11-7-9-6-8(13(17)18)3-4-10(9)15-11;1-6(13)7-2-3-9-8(4-7)5-10(12-9)11(14)15;1-5(11)6-2-3-8(10)7(9)4-6;1-6(10)7-2-4-8(9)5-3-7;8-6-3-1-5(2-4-6)7(9)10;1-2-3-4;2*1-2(3)4;;;/h5-6,8-9,17H,4,7H2,1-3H3,(H,16,19);4-5,7-8,16H,3,6H2,1-2H3,(H,15,18);3-4,6-7,15H,2,5H2,1H3,(H,14,16)(H,17,18);2-5,12H,1H3,(H,14,15);2-4H,10H2,1H3;2-5H,9H2,1H3;1-4H,8H2,(H,9,10);2-4H2,1H3;2*1H3,(H,3,4);2*1H4;. The Morgan fingerprint density at radius 1 is 0.359 bits per heavy atom. The van der Waals surface area contributed by atoms with Crippen LogP contribution in [-0.4, -0.2) is 167 Å². The second-order valence-corrected chi connectivity index (χ2v) is 26.0. The van der Waals surface area contributed by atoms with Gasteiger partial charge in [-0.05, 0) is 246 Å². The normalized spacial score (nSPS) is 9.56. The van der Waals surface area contributed by atoms with Crippen LogP contribution in [0.5, 0.6) is 0 Å². The van der Waals surface area contributed by atoms with Crippen LogP contribution in [0.15, 0.2) is 164 Å². The van der Waals surface area contributed by atoms with E-state index in [9.17, 15) is 52.7 Å². The van der Waals surface area contributed by atoms with Gasteiger partial charge in [-0.2, -0.15) is 0 Å². The molecule has 20 N–H and O–H groups in total. The van der Waals surface area contributed by atoms with E-state index in [1.807, 2.05) is 32.9 Å². The van der Waals surface area contributed by atoms with Crippen molar-refractivity contribution in [3.8, 4) is 0 Å². The Balaban J connectivity index is 0. The summed E-state index contributed by atoms with van der Waals surface area (Å²) in [6.07, 6.45) is 3.77. The zero-order chi connectivity index (χ0) is 86.1. The molecule has 0 radical (unpaired) electrons. The van der Waals surface area contributed by atoms with Crippen molar-refractivity contribution in [1.82, 2.24) is 40.8 Å². The Labute approximate surface area is 706 Å². The van der Waals surface area contributed by atoms with Crippen molar-refractivity contribution < 1.29 is 108 Å². The molecule has 0 aliphatic heterocycles. The van der Waals surface area contributed by atoms with E-state index >= 15 is 0 Å². The fourth-order valence-electron chi connectivity index (χ4n) is 9.07. The molecule has 0 spiro atoms. The number of aromatic carboxylic acids is 3. The summed E-state index contributed by atoms with van der Waals surface area (Å²) in [7, 11) is 3.43. The van der Waals surface area contributed by atoms with E-state index in [4.69, 9.17) is 58.1 Å². The molecule has 632 valence electrons. The van der Waals surface area contributed by atoms with Crippen LogP contribution < -0.4 is 38.9 Å². The smallest absolute Gasteiger partial charge is 0.352 e. The number of amides is 4. The van der Waals surface area contributed by atoms with Crippen LogP contribution in [0.3, 0.4) is 0 Å². The average Bonchev–Trinajstić information content (AvgIpc) is 1.69. The van der Waals surface area contributed by atoms with Gasteiger partial charge in [0.15, 0.2) is 23.1 Å². The molecule has 32 heteroatoms. The van der Waals surface area contributed by atoms with Crippen LogP contribution in [0.2, 0.25) is 0 Å². The molecule has 0 aliphatic rings. The molecule has 7 aromatic carbocycles. The number of aromatic nitrogens is 4. The van der Waals surface area contributed by atoms with Gasteiger partial charge in [0, 0.05) is 160 Å². The number of benzene rings is 7. The summed E-state index contributed by atoms with van der Waals surface area (Å²) in [6.45, 7) is 19.0. The van der Waals surface area contributed by atoms with Crippen LogP contribution in [-0.2, 0) is 30.0 Å². The van der Waals surface area contributed by atoms with Gasteiger partial charge in [-0.3, -0.25) is 47.9 Å². The number of carboxylic acids is 5. The first-order valence-electron chi connectivity index (χ1n) is 35.4. The molecule has 0 saturated heterocycles. The summed E-state index contributed by atoms with van der Waals surface area (Å²) in [5.41, 5.74) is 31.9. The second-order valence-electron chi connectivity index (χ2n) is 24.9. The maximum Gasteiger partial charge on any atom is 0.352 e. The molecule has 0 bridgehead atoms. The predicted molar refractivity (Wildman–Crippen MR) is 465 cm³/mol. The SMILES string of the molecule is C.C.CC(=O)O.CC(=O)O.CC(=O)c1ccc(N)c(I)c1.CC(=O)c1ccc(N)cc1.CC(=O)c1ccc2[nH]c(C(=O)O)cc2c1.CCCN.CCCNC(=O)c1cc2cc(C(=O)N(C)C)ccc2[nH]1.CCCNC(=O)c1cc2cc(C(=O)O)ccc2[nH]1.CCCNC(=O)c1cc2cc(C(C)=O)ccc2[nH]1.Nc1ccc(C(=O)O)cc1.[Pd]. The first-order chi connectivity index (χ1) is 53.7. The number of fused-ring (bicyclic) bond motifs is 4. The van der Waals surface area contributed by atoms with Crippen molar-refractivity contribution in [3.05, 3.63) is 229 Å². The number of nitrogens with two attached hydrogens (primary N) is 4. The van der Waals surface area contributed by atoms with E-state index in [0.717, 1.165) is 98.9 Å². The van der Waals surface area contributed by atoms with Crippen LogP contribution in [0.1, 0.15) is 224 Å². The molecule has 11 aromatic rings. The summed E-state index contributed by atoms with van der Waals surface area (Å²) in [4.78, 5) is 154. The largest absolute Gasteiger partial charge is 0.481 e. The van der Waals surface area contributed by atoms with Crippen LogP contribution >= 0.6 is 22.6 Å². The fourth-order valence-corrected chi connectivity index (χ4v) is 9.58. The molecule has 0 saturated carbocycles. The number of carboxylic acid groups (broad SMARTS) is 5. The molecule has 117 heavy (non-hydrogen) atoms. The molecule has 0 atom stereocenters. The summed E-state index contributed by atoms with van der Waals surface area (Å²) >= 11 is 2.11. The van der Waals surface area contributed by atoms with Gasteiger partial charge >= 0.3 is 17.9 Å². The van der Waals surface area contributed by atoms with Crippen molar-refractivity contribution in [1.29, 1.82) is 0 Å². The number of aromatic amines is 4. The molecule has 0 fully saturated rings. The van der Waals surface area contributed by atoms with E-state index in [1.165, 1.54) is 49.9 Å². The molecule has 4 aromatic heterocycles. The molecular weight excluding hydrogens is 1710 g/mol. The number of rotatable bonds is 18. The number of nitrogen functional groups attached to an aromatic ring is 3. The number of nitrogens with zero attached hydrogens (tertiary/aromatic N) is 1. The molecule has 4 amide bonds. The van der Waals surface area contributed by atoms with Crippen LogP contribution in [0, 0.1) is 3.57 Å². The Morgan fingerprint density at radius 3 is 0.897 bits per heavy atom. The van der Waals surface area contributed by atoms with E-state index < -0.39 is 29.8 Å². The van der Waals surface area contributed by atoms with E-state index in [2.05, 4.69) is 65.4 Å². The maximum absolute atomic E-state index is 11.9. The number of halogens is 1. The number of hydrogen-bond donors (Lipinski definition) is 16. The number of ketones is 4. The minimum Gasteiger partial charge on any atom is -0.481 e. The third-order valence-corrected chi connectivity index (χ3v) is 15.9. The quantitative estimate of drug-likeness (QED) is 0.0164. The monoisotopic (exact) mass is 1820 g/mol.